The maximum absolute atomic E-state index is 14.0. The number of carbonyl (C=O) groups excluding carboxylic acids is 3. The van der Waals surface area contributed by atoms with Gasteiger partial charge in [0, 0.05) is 17.5 Å². The number of nitrogens with zero attached hydrogens (tertiary/aromatic N) is 2. The van der Waals surface area contributed by atoms with Gasteiger partial charge in [-0.15, -0.1) is 0 Å². The molecule has 0 bridgehead atoms. The molecule has 0 saturated heterocycles. The summed E-state index contributed by atoms with van der Waals surface area (Å²) < 4.78 is 24.9. The van der Waals surface area contributed by atoms with Crippen molar-refractivity contribution in [2.45, 2.75) is 73.5 Å². The number of carbonyl (C=O) groups is 3. The van der Waals surface area contributed by atoms with Gasteiger partial charge in [-0.05, 0) is 89.9 Å². The maximum atomic E-state index is 14.0. The van der Waals surface area contributed by atoms with Crippen molar-refractivity contribution < 1.29 is 28.2 Å². The van der Waals surface area contributed by atoms with Crippen molar-refractivity contribution in [2.75, 3.05) is 10.6 Å². The van der Waals surface area contributed by atoms with Crippen molar-refractivity contribution >= 4 is 35.2 Å². The highest BCUT2D eigenvalue weighted by Gasteiger charge is 2.36. The lowest BCUT2D eigenvalue weighted by atomic mass is 9.99. The minimum Gasteiger partial charge on any atom is -0.443 e. The molecule has 0 fully saturated rings. The molecule has 1 aliphatic rings. The lowest BCUT2D eigenvalue weighted by Gasteiger charge is -2.32. The van der Waals surface area contributed by atoms with Crippen LogP contribution in [0.2, 0.25) is 0 Å². The molecule has 2 aromatic carbocycles. The molecule has 3 rings (SSSR count). The Hall–Kier alpha value is -4.84. The maximum Gasteiger partial charge on any atom is 0.425 e. The zero-order valence-electron chi connectivity index (χ0n) is 26.7. The minimum atomic E-state index is -1.04. The van der Waals surface area contributed by atoms with Crippen molar-refractivity contribution in [2.24, 2.45) is 11.6 Å². The molecule has 2 aromatic rings. The second-order valence-corrected chi connectivity index (χ2v) is 11.5. The number of amides is 4. The van der Waals surface area contributed by atoms with Crippen LogP contribution in [0.1, 0.15) is 66.5 Å². The number of ether oxygens (including phenoxy) is 2. The van der Waals surface area contributed by atoms with E-state index in [9.17, 15) is 18.8 Å². The van der Waals surface area contributed by atoms with Crippen molar-refractivity contribution in [1.82, 2.24) is 9.91 Å². The molecule has 1 heterocycles. The van der Waals surface area contributed by atoms with Gasteiger partial charge in [0.1, 0.15) is 28.5 Å². The number of nitrogens with two attached hydrogens (primary N) is 2. The lowest BCUT2D eigenvalue weighted by Crippen LogP contribution is -2.47. The molecule has 0 saturated carbocycles. The second kappa shape index (κ2) is 14.6. The van der Waals surface area contributed by atoms with E-state index >= 15 is 0 Å². The Labute approximate surface area is 258 Å². The SMILES string of the molecule is CC.Cc1ccc(F)c(NC(=O)Nc2ccc(C3=CC=CN(N)/C3=C(\N)N(C(=O)OC(C)(C)C)C(=O)OC(C)(C)C)cc2)c1. The molecule has 12 heteroatoms. The van der Waals surface area contributed by atoms with E-state index in [1.807, 2.05) is 13.8 Å². The van der Waals surface area contributed by atoms with E-state index in [0.29, 0.717) is 21.7 Å². The van der Waals surface area contributed by atoms with Crippen LogP contribution in [0.5, 0.6) is 0 Å². The smallest absolute Gasteiger partial charge is 0.425 e. The third-order valence-electron chi connectivity index (χ3n) is 5.48. The van der Waals surface area contributed by atoms with Crippen LogP contribution < -0.4 is 22.2 Å². The van der Waals surface area contributed by atoms with E-state index < -0.39 is 35.2 Å². The molecule has 6 N–H and O–H groups in total. The molecule has 0 unspecified atom stereocenters. The standard InChI is InChI=1S/C30H37FN6O5.C2H6/c1-18-10-15-22(31)23(17-18)35-26(38)34-20-13-11-19(12-14-20)21-9-8-16-36(33)24(21)25(32)37(27(39)41-29(2,3)4)28(40)42-30(5,6)7;1-2/h8-17H,32-33H2,1-7H3,(H2,34,35,38);1-2H3/b25-24+;. The van der Waals surface area contributed by atoms with E-state index in [2.05, 4.69) is 10.6 Å². The van der Waals surface area contributed by atoms with E-state index in [4.69, 9.17) is 21.1 Å². The number of aryl methyl sites for hydroxylation is 1. The number of hydrogen-bond acceptors (Lipinski definition) is 8. The summed E-state index contributed by atoms with van der Waals surface area (Å²) in [6.45, 7) is 15.7. The molecule has 238 valence electrons. The van der Waals surface area contributed by atoms with Crippen LogP contribution in [-0.2, 0) is 9.47 Å². The third kappa shape index (κ3) is 9.87. The van der Waals surface area contributed by atoms with E-state index in [1.165, 1.54) is 23.3 Å². The molecular formula is C32H43FN6O5. The number of hydrazine groups is 1. The number of halogens is 1. The Kier molecular flexibility index (Phi) is 11.7. The molecule has 4 amide bonds. The van der Waals surface area contributed by atoms with Gasteiger partial charge in [0.15, 0.2) is 0 Å². The molecule has 0 atom stereocenters. The fourth-order valence-corrected chi connectivity index (χ4v) is 3.77. The lowest BCUT2D eigenvalue weighted by molar-refractivity contribution is 0.00761. The first-order valence-electron chi connectivity index (χ1n) is 14.1. The highest BCUT2D eigenvalue weighted by molar-refractivity contribution is 6.00. The number of rotatable bonds is 4. The van der Waals surface area contributed by atoms with Gasteiger partial charge < -0.3 is 25.8 Å². The van der Waals surface area contributed by atoms with E-state index in [1.54, 1.807) is 91.0 Å². The highest BCUT2D eigenvalue weighted by Crippen LogP contribution is 2.32. The summed E-state index contributed by atoms with van der Waals surface area (Å²) in [5.41, 5.74) is 7.04. The highest BCUT2D eigenvalue weighted by atomic mass is 19.1. The van der Waals surface area contributed by atoms with Gasteiger partial charge in [-0.3, -0.25) is 5.01 Å². The molecule has 0 aromatic heterocycles. The Balaban J connectivity index is 0.00000330. The number of benzene rings is 2. The fraction of sp³-hybridized carbons (Fsp3) is 0.344. The Morgan fingerprint density at radius 1 is 0.886 bits per heavy atom. The Bertz CT molecular complexity index is 1420. The first-order chi connectivity index (χ1) is 20.4. The minimum absolute atomic E-state index is 0.0519. The largest absolute Gasteiger partial charge is 0.443 e. The fourth-order valence-electron chi connectivity index (χ4n) is 3.77. The first-order valence-corrected chi connectivity index (χ1v) is 14.1. The van der Waals surface area contributed by atoms with E-state index in [-0.39, 0.29) is 17.2 Å². The van der Waals surface area contributed by atoms with Gasteiger partial charge in [-0.25, -0.2) is 24.6 Å². The number of hydrogen-bond donors (Lipinski definition) is 4. The monoisotopic (exact) mass is 610 g/mol. The molecule has 0 radical (unpaired) electrons. The summed E-state index contributed by atoms with van der Waals surface area (Å²) in [7, 11) is 0. The summed E-state index contributed by atoms with van der Waals surface area (Å²) >= 11 is 0. The molecule has 0 aliphatic carbocycles. The number of imide groups is 1. The number of anilines is 2. The molecule has 1 aliphatic heterocycles. The van der Waals surface area contributed by atoms with Gasteiger partial charge in [0.25, 0.3) is 0 Å². The van der Waals surface area contributed by atoms with E-state index in [0.717, 1.165) is 5.56 Å². The van der Waals surface area contributed by atoms with Gasteiger partial charge in [0.2, 0.25) is 0 Å². The Morgan fingerprint density at radius 2 is 1.43 bits per heavy atom. The van der Waals surface area contributed by atoms with Gasteiger partial charge in [0.05, 0.1) is 5.69 Å². The summed E-state index contributed by atoms with van der Waals surface area (Å²) in [6, 6.07) is 10.4. The van der Waals surface area contributed by atoms with Crippen LogP contribution in [0, 0.1) is 12.7 Å². The van der Waals surface area contributed by atoms with Crippen LogP contribution in [0.4, 0.5) is 30.1 Å². The average molecular weight is 611 g/mol. The Morgan fingerprint density at radius 3 is 1.95 bits per heavy atom. The zero-order valence-corrected chi connectivity index (χ0v) is 26.7. The second-order valence-electron chi connectivity index (χ2n) is 11.5. The zero-order chi connectivity index (χ0) is 33.4. The first kappa shape index (κ1) is 35.4. The van der Waals surface area contributed by atoms with Gasteiger partial charge in [-0.2, -0.15) is 4.90 Å². The van der Waals surface area contributed by atoms with Crippen LogP contribution >= 0.6 is 0 Å². The molecule has 44 heavy (non-hydrogen) atoms. The van der Waals surface area contributed by atoms with Crippen molar-refractivity contribution in [3.63, 3.8) is 0 Å². The molecule has 0 spiro atoms. The summed E-state index contributed by atoms with van der Waals surface area (Å²) in [6.07, 6.45) is 2.77. The van der Waals surface area contributed by atoms with Crippen LogP contribution in [0.15, 0.2) is 72.3 Å². The normalized spacial score (nSPS) is 14.0. The van der Waals surface area contributed by atoms with Gasteiger partial charge in [-0.1, -0.05) is 38.1 Å². The van der Waals surface area contributed by atoms with Crippen LogP contribution in [-0.4, -0.2) is 39.3 Å². The summed E-state index contributed by atoms with van der Waals surface area (Å²) in [5, 5.41) is 6.30. The number of nitrogens with one attached hydrogen (secondary N) is 2. The van der Waals surface area contributed by atoms with Crippen molar-refractivity contribution in [1.29, 1.82) is 0 Å². The summed E-state index contributed by atoms with van der Waals surface area (Å²) in [5.74, 6) is 5.36. The van der Waals surface area contributed by atoms with Crippen LogP contribution in [0.25, 0.3) is 5.57 Å². The van der Waals surface area contributed by atoms with Crippen molar-refractivity contribution in [3.8, 4) is 0 Å². The average Bonchev–Trinajstić information content (AvgIpc) is 2.90. The van der Waals surface area contributed by atoms with Crippen LogP contribution in [0.3, 0.4) is 0 Å². The molecular weight excluding hydrogens is 567 g/mol. The predicted octanol–water partition coefficient (Wildman–Crippen LogP) is 7.19. The molecule has 11 nitrogen and oxygen atoms in total. The quantitative estimate of drug-likeness (QED) is 0.265. The predicted molar refractivity (Wildman–Crippen MR) is 170 cm³/mol. The topological polar surface area (TPSA) is 152 Å². The van der Waals surface area contributed by atoms with Crippen molar-refractivity contribution in [3.05, 3.63) is 89.3 Å². The van der Waals surface area contributed by atoms with Gasteiger partial charge >= 0.3 is 18.2 Å². The number of urea groups is 1. The summed E-state index contributed by atoms with van der Waals surface area (Å²) in [4.78, 5) is 39.4. The number of allylic oxidation sites excluding steroid dienone is 3. The third-order valence-corrected chi connectivity index (χ3v) is 5.48.